The van der Waals surface area contributed by atoms with E-state index in [1.165, 1.54) is 4.31 Å². The van der Waals surface area contributed by atoms with E-state index in [2.05, 4.69) is 15.9 Å². The van der Waals surface area contributed by atoms with Crippen molar-refractivity contribution < 1.29 is 17.9 Å². The summed E-state index contributed by atoms with van der Waals surface area (Å²) in [4.78, 5) is 0.264. The molecule has 0 aromatic heterocycles. The molecule has 0 spiro atoms. The van der Waals surface area contributed by atoms with Crippen LogP contribution in [-0.4, -0.2) is 52.7 Å². The van der Waals surface area contributed by atoms with Crippen LogP contribution < -0.4 is 0 Å². The van der Waals surface area contributed by atoms with E-state index in [0.29, 0.717) is 19.8 Å². The van der Waals surface area contributed by atoms with Crippen molar-refractivity contribution in [3.05, 3.63) is 28.7 Å². The van der Waals surface area contributed by atoms with Crippen LogP contribution in [-0.2, 0) is 19.5 Å². The van der Waals surface area contributed by atoms with Gasteiger partial charge in [0.15, 0.2) is 0 Å². The molecule has 0 N–H and O–H groups in total. The number of ether oxygens (including phenoxy) is 2. The third-order valence-corrected chi connectivity index (χ3v) is 5.39. The maximum Gasteiger partial charge on any atom is 0.243 e. The van der Waals surface area contributed by atoms with E-state index in [9.17, 15) is 8.42 Å². The van der Waals surface area contributed by atoms with Crippen LogP contribution in [0.3, 0.4) is 0 Å². The largest absolute Gasteiger partial charge is 0.383 e. The Kier molecular flexibility index (Phi) is 7.11. The molecule has 0 aliphatic carbocycles. The van der Waals surface area contributed by atoms with Gasteiger partial charge in [-0.15, -0.1) is 0 Å². The fraction of sp³-hybridized carbons (Fsp3) is 0.538. The molecule has 0 bridgehead atoms. The first-order valence-corrected chi connectivity index (χ1v) is 8.42. The highest BCUT2D eigenvalue weighted by molar-refractivity contribution is 9.10. The van der Waals surface area contributed by atoms with Crippen molar-refractivity contribution >= 4 is 26.0 Å². The lowest BCUT2D eigenvalue weighted by molar-refractivity contribution is 0.119. The van der Waals surface area contributed by atoms with Crippen LogP contribution in [0.15, 0.2) is 33.6 Å². The van der Waals surface area contributed by atoms with Crippen LogP contribution in [0.5, 0.6) is 0 Å². The molecule has 1 unspecified atom stereocenters. The number of nitrogens with zero attached hydrogens (tertiary/aromatic N) is 1. The SMILES string of the molecule is COCCN(C(C)COC)S(=O)(=O)c1ccc(Br)cc1. The third-order valence-electron chi connectivity index (χ3n) is 2.84. The lowest BCUT2D eigenvalue weighted by atomic mass is 10.3. The minimum atomic E-state index is -3.56. The Morgan fingerprint density at radius 3 is 2.30 bits per heavy atom. The van der Waals surface area contributed by atoms with Gasteiger partial charge in [0, 0.05) is 31.3 Å². The summed E-state index contributed by atoms with van der Waals surface area (Å²) in [6.07, 6.45) is 0. The Balaban J connectivity index is 3.06. The Bertz CT molecular complexity index is 504. The van der Waals surface area contributed by atoms with Crippen LogP contribution in [0, 0.1) is 0 Å². The number of hydrogen-bond donors (Lipinski definition) is 0. The van der Waals surface area contributed by atoms with Crippen molar-refractivity contribution in [3.63, 3.8) is 0 Å². The van der Waals surface area contributed by atoms with Gasteiger partial charge in [-0.3, -0.25) is 0 Å². The average molecular weight is 366 g/mol. The van der Waals surface area contributed by atoms with Crippen molar-refractivity contribution in [3.8, 4) is 0 Å². The highest BCUT2D eigenvalue weighted by Gasteiger charge is 2.28. The van der Waals surface area contributed by atoms with E-state index in [1.54, 1.807) is 38.5 Å². The average Bonchev–Trinajstić information content (AvgIpc) is 2.39. The van der Waals surface area contributed by atoms with E-state index in [0.717, 1.165) is 4.47 Å². The second kappa shape index (κ2) is 8.09. The molecule has 0 aliphatic rings. The number of hydrogen-bond acceptors (Lipinski definition) is 4. The topological polar surface area (TPSA) is 55.8 Å². The zero-order valence-electron chi connectivity index (χ0n) is 11.9. The molecule has 20 heavy (non-hydrogen) atoms. The Labute approximate surface area is 129 Å². The zero-order chi connectivity index (χ0) is 15.2. The highest BCUT2D eigenvalue weighted by atomic mass is 79.9. The quantitative estimate of drug-likeness (QED) is 0.707. The number of sulfonamides is 1. The van der Waals surface area contributed by atoms with E-state index < -0.39 is 10.0 Å². The van der Waals surface area contributed by atoms with Crippen molar-refractivity contribution in [2.24, 2.45) is 0 Å². The maximum absolute atomic E-state index is 12.7. The highest BCUT2D eigenvalue weighted by Crippen LogP contribution is 2.20. The van der Waals surface area contributed by atoms with Gasteiger partial charge in [-0.05, 0) is 31.2 Å². The van der Waals surface area contributed by atoms with Gasteiger partial charge < -0.3 is 9.47 Å². The normalized spacial score (nSPS) is 13.7. The lowest BCUT2D eigenvalue weighted by Gasteiger charge is -2.27. The van der Waals surface area contributed by atoms with E-state index in [-0.39, 0.29) is 10.9 Å². The van der Waals surface area contributed by atoms with Crippen LogP contribution in [0.25, 0.3) is 0 Å². The summed E-state index contributed by atoms with van der Waals surface area (Å²) >= 11 is 3.30. The van der Waals surface area contributed by atoms with E-state index >= 15 is 0 Å². The molecule has 5 nitrogen and oxygen atoms in total. The van der Waals surface area contributed by atoms with Gasteiger partial charge >= 0.3 is 0 Å². The zero-order valence-corrected chi connectivity index (χ0v) is 14.3. The first-order valence-electron chi connectivity index (χ1n) is 6.18. The van der Waals surface area contributed by atoms with Crippen molar-refractivity contribution in [2.45, 2.75) is 17.9 Å². The molecule has 0 amide bonds. The minimum Gasteiger partial charge on any atom is -0.383 e. The predicted octanol–water partition coefficient (Wildman–Crippen LogP) is 2.12. The summed E-state index contributed by atoms with van der Waals surface area (Å²) in [5, 5.41) is 0. The molecule has 1 atom stereocenters. The summed E-state index contributed by atoms with van der Waals surface area (Å²) in [5.41, 5.74) is 0. The summed E-state index contributed by atoms with van der Waals surface area (Å²) in [7, 11) is -0.459. The van der Waals surface area contributed by atoms with Gasteiger partial charge in [-0.25, -0.2) is 8.42 Å². The minimum absolute atomic E-state index is 0.260. The molecular formula is C13H20BrNO4S. The van der Waals surface area contributed by atoms with Crippen LogP contribution >= 0.6 is 15.9 Å². The fourth-order valence-corrected chi connectivity index (χ4v) is 3.69. The summed E-state index contributed by atoms with van der Waals surface area (Å²) < 4.78 is 37.6. The molecule has 0 saturated heterocycles. The van der Waals surface area contributed by atoms with Gasteiger partial charge in [-0.2, -0.15) is 4.31 Å². The summed E-state index contributed by atoms with van der Waals surface area (Å²) in [6.45, 7) is 2.78. The second-order valence-corrected chi connectivity index (χ2v) is 7.17. The molecule has 0 heterocycles. The fourth-order valence-electron chi connectivity index (χ4n) is 1.83. The van der Waals surface area contributed by atoms with E-state index in [1.807, 2.05) is 6.92 Å². The number of halogens is 1. The molecule has 1 rings (SSSR count). The molecule has 114 valence electrons. The molecule has 7 heteroatoms. The second-order valence-electron chi connectivity index (χ2n) is 4.37. The third kappa shape index (κ3) is 4.53. The predicted molar refractivity (Wildman–Crippen MR) is 81.2 cm³/mol. The summed E-state index contributed by atoms with van der Waals surface area (Å²) in [5.74, 6) is 0. The first kappa shape index (κ1) is 17.6. The standard InChI is InChI=1S/C13H20BrNO4S/c1-11(10-19-3)15(8-9-18-2)20(16,17)13-6-4-12(14)5-7-13/h4-7,11H,8-10H2,1-3H3. The molecule has 0 radical (unpaired) electrons. The monoisotopic (exact) mass is 365 g/mol. The van der Waals surface area contributed by atoms with Crippen molar-refractivity contribution in [1.82, 2.24) is 4.31 Å². The van der Waals surface area contributed by atoms with Gasteiger partial charge in [-0.1, -0.05) is 15.9 Å². The molecular weight excluding hydrogens is 346 g/mol. The number of benzene rings is 1. The van der Waals surface area contributed by atoms with Crippen molar-refractivity contribution in [1.29, 1.82) is 0 Å². The van der Waals surface area contributed by atoms with Gasteiger partial charge in [0.1, 0.15) is 0 Å². The lowest BCUT2D eigenvalue weighted by Crippen LogP contribution is -2.42. The van der Waals surface area contributed by atoms with E-state index in [4.69, 9.17) is 9.47 Å². The summed E-state index contributed by atoms with van der Waals surface area (Å²) in [6, 6.07) is 6.33. The van der Waals surface area contributed by atoms with Crippen LogP contribution in [0.1, 0.15) is 6.92 Å². The smallest absolute Gasteiger partial charge is 0.243 e. The molecule has 1 aromatic carbocycles. The van der Waals surface area contributed by atoms with Gasteiger partial charge in [0.05, 0.1) is 18.1 Å². The van der Waals surface area contributed by atoms with Crippen LogP contribution in [0.2, 0.25) is 0 Å². The Morgan fingerprint density at radius 1 is 1.20 bits per heavy atom. The number of methoxy groups -OCH3 is 2. The van der Waals surface area contributed by atoms with Gasteiger partial charge in [0.25, 0.3) is 0 Å². The Morgan fingerprint density at radius 2 is 1.80 bits per heavy atom. The maximum atomic E-state index is 12.7. The number of rotatable bonds is 8. The van der Waals surface area contributed by atoms with Crippen molar-refractivity contribution in [2.75, 3.05) is 34.0 Å². The first-order chi connectivity index (χ1) is 9.43. The van der Waals surface area contributed by atoms with Gasteiger partial charge in [0.2, 0.25) is 10.0 Å². The Hall–Kier alpha value is -0.470. The molecule has 1 aromatic rings. The molecule has 0 aliphatic heterocycles. The molecule has 0 fully saturated rings. The van der Waals surface area contributed by atoms with Crippen LogP contribution in [0.4, 0.5) is 0 Å². The molecule has 0 saturated carbocycles.